The largest absolute Gasteiger partial charge is 0.493 e. The van der Waals surface area contributed by atoms with Crippen molar-refractivity contribution in [2.75, 3.05) is 13.2 Å². The van der Waals surface area contributed by atoms with E-state index in [-0.39, 0.29) is 5.91 Å². The molecule has 1 aliphatic heterocycles. The molecule has 0 saturated heterocycles. The average Bonchev–Trinajstić information content (AvgIpc) is 3.01. The van der Waals surface area contributed by atoms with Gasteiger partial charge in [0.25, 0.3) is 5.91 Å². The molecule has 0 unspecified atom stereocenters. The monoisotopic (exact) mass is 287 g/mol. The molecule has 6 heteroatoms. The molecule has 21 heavy (non-hydrogen) atoms. The van der Waals surface area contributed by atoms with Crippen LogP contribution in [0.1, 0.15) is 28.5 Å². The van der Waals surface area contributed by atoms with Crippen LogP contribution in [-0.4, -0.2) is 29.9 Å². The molecule has 110 valence electrons. The molecular weight excluding hydrogens is 270 g/mol. The minimum atomic E-state index is -0.489. The molecule has 0 saturated carbocycles. The number of carbonyl (C=O) groups excluding carboxylic acids is 2. The molecule has 0 spiro atoms. The van der Waals surface area contributed by atoms with Crippen LogP contribution in [0.15, 0.2) is 12.1 Å². The van der Waals surface area contributed by atoms with Crippen LogP contribution in [0, 0.1) is 0 Å². The van der Waals surface area contributed by atoms with Crippen LogP contribution < -0.4 is 15.8 Å². The molecule has 1 aromatic carbocycles. The van der Waals surface area contributed by atoms with E-state index in [0.29, 0.717) is 25.3 Å². The van der Waals surface area contributed by atoms with Gasteiger partial charge in [0.2, 0.25) is 5.91 Å². The topological polar surface area (TPSA) is 97.2 Å². The number of aromatic amines is 1. The SMILES string of the molecule is CC(=O)NCCc1c(C(N)=O)[nH]c2ccc3c(c12)CCO3. The molecule has 0 bridgehead atoms. The van der Waals surface area contributed by atoms with Gasteiger partial charge in [0.1, 0.15) is 11.4 Å². The van der Waals surface area contributed by atoms with E-state index in [1.165, 1.54) is 6.92 Å². The second-order valence-corrected chi connectivity index (χ2v) is 5.14. The molecule has 2 amide bonds. The Morgan fingerprint density at radius 1 is 1.43 bits per heavy atom. The summed E-state index contributed by atoms with van der Waals surface area (Å²) in [6, 6.07) is 3.80. The van der Waals surface area contributed by atoms with Crippen molar-refractivity contribution in [3.8, 4) is 5.75 Å². The molecule has 6 nitrogen and oxygen atoms in total. The lowest BCUT2D eigenvalue weighted by Gasteiger charge is -2.06. The van der Waals surface area contributed by atoms with Gasteiger partial charge in [-0.05, 0) is 24.1 Å². The van der Waals surface area contributed by atoms with E-state index < -0.39 is 5.91 Å². The van der Waals surface area contributed by atoms with Crippen LogP contribution in [0.2, 0.25) is 0 Å². The van der Waals surface area contributed by atoms with Crippen molar-refractivity contribution in [3.63, 3.8) is 0 Å². The Bertz CT molecular complexity index is 733. The van der Waals surface area contributed by atoms with E-state index in [0.717, 1.165) is 34.2 Å². The number of rotatable bonds is 4. The summed E-state index contributed by atoms with van der Waals surface area (Å²) in [5.41, 5.74) is 8.72. The maximum absolute atomic E-state index is 11.7. The van der Waals surface area contributed by atoms with Crippen molar-refractivity contribution in [2.24, 2.45) is 5.73 Å². The normalized spacial score (nSPS) is 13.0. The van der Waals surface area contributed by atoms with Crippen LogP contribution in [0.4, 0.5) is 0 Å². The fourth-order valence-corrected chi connectivity index (χ4v) is 2.88. The van der Waals surface area contributed by atoms with E-state index >= 15 is 0 Å². The van der Waals surface area contributed by atoms with Crippen LogP contribution in [-0.2, 0) is 17.6 Å². The number of benzene rings is 1. The molecular formula is C15H17N3O3. The standard InChI is InChI=1S/C15H17N3O3/c1-8(19)17-6-4-10-13-9-5-7-21-12(9)3-2-11(13)18-14(10)15(16)20/h2-3,18H,4-7H2,1H3,(H2,16,20)(H,17,19). The maximum Gasteiger partial charge on any atom is 0.265 e. The van der Waals surface area contributed by atoms with E-state index in [1.807, 2.05) is 12.1 Å². The maximum atomic E-state index is 11.7. The summed E-state index contributed by atoms with van der Waals surface area (Å²) in [5.74, 6) is 0.277. The van der Waals surface area contributed by atoms with Crippen LogP contribution in [0.25, 0.3) is 10.9 Å². The van der Waals surface area contributed by atoms with Crippen molar-refractivity contribution in [2.45, 2.75) is 19.8 Å². The number of hydrogen-bond acceptors (Lipinski definition) is 3. The number of fused-ring (bicyclic) bond motifs is 3. The van der Waals surface area contributed by atoms with Gasteiger partial charge < -0.3 is 20.8 Å². The number of amides is 2. The highest BCUT2D eigenvalue weighted by Gasteiger charge is 2.22. The summed E-state index contributed by atoms with van der Waals surface area (Å²) in [6.45, 7) is 2.58. The van der Waals surface area contributed by atoms with Gasteiger partial charge in [-0.15, -0.1) is 0 Å². The third kappa shape index (κ3) is 2.33. The smallest absolute Gasteiger partial charge is 0.265 e. The van der Waals surface area contributed by atoms with E-state index in [2.05, 4.69) is 10.3 Å². The van der Waals surface area contributed by atoms with Gasteiger partial charge in [-0.2, -0.15) is 0 Å². The molecule has 0 aliphatic carbocycles. The van der Waals surface area contributed by atoms with Crippen LogP contribution in [0.5, 0.6) is 5.75 Å². The van der Waals surface area contributed by atoms with Crippen molar-refractivity contribution in [3.05, 3.63) is 29.0 Å². The number of ether oxygens (including phenoxy) is 1. The third-order valence-electron chi connectivity index (χ3n) is 3.74. The Hall–Kier alpha value is -2.50. The number of aromatic nitrogens is 1. The summed E-state index contributed by atoms with van der Waals surface area (Å²) in [6.07, 6.45) is 1.37. The molecule has 1 aliphatic rings. The first-order valence-electron chi connectivity index (χ1n) is 6.91. The number of carbonyl (C=O) groups is 2. The predicted molar refractivity (Wildman–Crippen MR) is 78.4 cm³/mol. The highest BCUT2D eigenvalue weighted by Crippen LogP contribution is 2.35. The number of nitrogens with two attached hydrogens (primary N) is 1. The first-order valence-corrected chi connectivity index (χ1v) is 6.91. The quantitative estimate of drug-likeness (QED) is 0.778. The molecule has 3 rings (SSSR count). The Labute approximate surface area is 121 Å². The number of H-pyrrole nitrogens is 1. The molecule has 0 fully saturated rings. The van der Waals surface area contributed by atoms with Gasteiger partial charge in [0.15, 0.2) is 0 Å². The van der Waals surface area contributed by atoms with Crippen molar-refractivity contribution < 1.29 is 14.3 Å². The Kier molecular flexibility index (Phi) is 3.29. The van der Waals surface area contributed by atoms with Gasteiger partial charge in [-0.3, -0.25) is 9.59 Å². The summed E-state index contributed by atoms with van der Waals surface area (Å²) in [7, 11) is 0. The second-order valence-electron chi connectivity index (χ2n) is 5.14. The molecule has 2 aromatic rings. The van der Waals surface area contributed by atoms with Gasteiger partial charge in [-0.25, -0.2) is 0 Å². The third-order valence-corrected chi connectivity index (χ3v) is 3.74. The van der Waals surface area contributed by atoms with Crippen LogP contribution in [0.3, 0.4) is 0 Å². The summed E-state index contributed by atoms with van der Waals surface area (Å²) < 4.78 is 5.57. The fourth-order valence-electron chi connectivity index (χ4n) is 2.88. The minimum Gasteiger partial charge on any atom is -0.493 e. The molecule has 0 atom stereocenters. The van der Waals surface area contributed by atoms with Gasteiger partial charge in [0, 0.05) is 36.4 Å². The number of primary amides is 1. The lowest BCUT2D eigenvalue weighted by molar-refractivity contribution is -0.118. The summed E-state index contributed by atoms with van der Waals surface area (Å²) in [5, 5.41) is 3.75. The lowest BCUT2D eigenvalue weighted by atomic mass is 10.0. The molecule has 0 radical (unpaired) electrons. The Morgan fingerprint density at radius 2 is 2.24 bits per heavy atom. The minimum absolute atomic E-state index is 0.0935. The zero-order valence-electron chi connectivity index (χ0n) is 11.8. The summed E-state index contributed by atoms with van der Waals surface area (Å²) >= 11 is 0. The summed E-state index contributed by atoms with van der Waals surface area (Å²) in [4.78, 5) is 25.8. The van der Waals surface area contributed by atoms with E-state index in [4.69, 9.17) is 10.5 Å². The number of nitrogens with one attached hydrogen (secondary N) is 2. The van der Waals surface area contributed by atoms with Crippen molar-refractivity contribution in [1.29, 1.82) is 0 Å². The average molecular weight is 287 g/mol. The zero-order valence-corrected chi connectivity index (χ0v) is 11.8. The van der Waals surface area contributed by atoms with E-state index in [1.54, 1.807) is 0 Å². The Balaban J connectivity index is 2.09. The highest BCUT2D eigenvalue weighted by atomic mass is 16.5. The highest BCUT2D eigenvalue weighted by molar-refractivity contribution is 6.02. The zero-order chi connectivity index (χ0) is 15.0. The van der Waals surface area contributed by atoms with Gasteiger partial charge >= 0.3 is 0 Å². The molecule has 4 N–H and O–H groups in total. The number of hydrogen-bond donors (Lipinski definition) is 3. The van der Waals surface area contributed by atoms with Crippen molar-refractivity contribution in [1.82, 2.24) is 10.3 Å². The van der Waals surface area contributed by atoms with Crippen LogP contribution >= 0.6 is 0 Å². The van der Waals surface area contributed by atoms with Gasteiger partial charge in [-0.1, -0.05) is 0 Å². The van der Waals surface area contributed by atoms with Gasteiger partial charge in [0.05, 0.1) is 6.61 Å². The van der Waals surface area contributed by atoms with E-state index in [9.17, 15) is 9.59 Å². The predicted octanol–water partition coefficient (Wildman–Crippen LogP) is 0.880. The first-order chi connectivity index (χ1) is 10.1. The lowest BCUT2D eigenvalue weighted by Crippen LogP contribution is -2.23. The molecule has 2 heterocycles. The fraction of sp³-hybridized carbons (Fsp3) is 0.333. The first kappa shape index (κ1) is 13.5. The second kappa shape index (κ2) is 5.12. The molecule has 1 aromatic heterocycles. The Morgan fingerprint density at radius 3 is 2.95 bits per heavy atom. The van der Waals surface area contributed by atoms with Crippen molar-refractivity contribution >= 4 is 22.7 Å².